The summed E-state index contributed by atoms with van der Waals surface area (Å²) in [5, 5.41) is 9.66. The van der Waals surface area contributed by atoms with E-state index < -0.39 is 0 Å². The van der Waals surface area contributed by atoms with Crippen molar-refractivity contribution in [2.75, 3.05) is 31.1 Å². The predicted molar refractivity (Wildman–Crippen MR) is 59.2 cm³/mol. The quantitative estimate of drug-likeness (QED) is 0.699. The fourth-order valence-corrected chi connectivity index (χ4v) is 2.33. The summed E-state index contributed by atoms with van der Waals surface area (Å²) in [6.45, 7) is 7.52. The van der Waals surface area contributed by atoms with Crippen molar-refractivity contribution in [1.82, 2.24) is 4.90 Å². The Morgan fingerprint density at radius 3 is 2.92 bits per heavy atom. The molecule has 0 aromatic carbocycles. The zero-order valence-corrected chi connectivity index (χ0v) is 9.52. The van der Waals surface area contributed by atoms with E-state index in [1.165, 1.54) is 18.1 Å². The molecule has 0 bridgehead atoms. The molecule has 3 heteroatoms. The molecule has 2 unspecified atom stereocenters. The zero-order valence-electron chi connectivity index (χ0n) is 8.70. The van der Waals surface area contributed by atoms with E-state index in [1.54, 1.807) is 0 Å². The number of likely N-dealkylation sites (tertiary alicyclic amines) is 1. The first-order valence-corrected chi connectivity index (χ1v) is 6.37. The van der Waals surface area contributed by atoms with Gasteiger partial charge in [-0.3, -0.25) is 4.90 Å². The van der Waals surface area contributed by atoms with Crippen LogP contribution in [0.25, 0.3) is 0 Å². The average Bonchev–Trinajstić information content (AvgIpc) is 2.12. The fourth-order valence-electron chi connectivity index (χ4n) is 1.66. The largest absolute Gasteiger partial charge is 0.392 e. The maximum absolute atomic E-state index is 9.66. The molecule has 0 saturated carbocycles. The summed E-state index contributed by atoms with van der Waals surface area (Å²) < 4.78 is 0. The summed E-state index contributed by atoms with van der Waals surface area (Å²) >= 11 is 1.98. The number of thioether (sulfide) groups is 1. The molecule has 1 fully saturated rings. The maximum atomic E-state index is 9.66. The van der Waals surface area contributed by atoms with Crippen LogP contribution in [0.5, 0.6) is 0 Å². The second kappa shape index (κ2) is 5.89. The third kappa shape index (κ3) is 3.88. The summed E-state index contributed by atoms with van der Waals surface area (Å²) in [7, 11) is 0. The lowest BCUT2D eigenvalue weighted by Gasteiger charge is -2.34. The second-order valence-corrected chi connectivity index (χ2v) is 5.22. The standard InChI is InChI=1S/C10H21NOS/c1-3-13-7-6-11-5-4-9(2)10(12)8-11/h9-10,12H,3-8H2,1-2H3. The molecule has 0 amide bonds. The van der Waals surface area contributed by atoms with Crippen LogP contribution in [0.3, 0.4) is 0 Å². The smallest absolute Gasteiger partial charge is 0.0693 e. The maximum Gasteiger partial charge on any atom is 0.0693 e. The van der Waals surface area contributed by atoms with Gasteiger partial charge in [0.1, 0.15) is 0 Å². The Hall–Kier alpha value is 0.270. The highest BCUT2D eigenvalue weighted by atomic mass is 32.2. The van der Waals surface area contributed by atoms with Gasteiger partial charge in [-0.05, 0) is 24.6 Å². The average molecular weight is 203 g/mol. The number of aliphatic hydroxyl groups is 1. The SMILES string of the molecule is CCSCCN1CCC(C)C(O)C1. The van der Waals surface area contributed by atoms with E-state index in [4.69, 9.17) is 0 Å². The van der Waals surface area contributed by atoms with Crippen LogP contribution < -0.4 is 0 Å². The molecule has 0 aromatic heterocycles. The van der Waals surface area contributed by atoms with Gasteiger partial charge in [-0.25, -0.2) is 0 Å². The molecule has 0 spiro atoms. The third-order valence-corrected chi connectivity index (χ3v) is 3.64. The first-order valence-electron chi connectivity index (χ1n) is 5.22. The van der Waals surface area contributed by atoms with Crippen LogP contribution in [-0.2, 0) is 0 Å². The van der Waals surface area contributed by atoms with Crippen molar-refractivity contribution in [2.45, 2.75) is 26.4 Å². The number of hydrogen-bond acceptors (Lipinski definition) is 3. The molecule has 13 heavy (non-hydrogen) atoms. The monoisotopic (exact) mass is 203 g/mol. The van der Waals surface area contributed by atoms with Gasteiger partial charge in [0.25, 0.3) is 0 Å². The van der Waals surface area contributed by atoms with Crippen LogP contribution in [0.4, 0.5) is 0 Å². The molecular weight excluding hydrogens is 182 g/mol. The lowest BCUT2D eigenvalue weighted by molar-refractivity contribution is 0.0321. The van der Waals surface area contributed by atoms with Crippen LogP contribution in [0, 0.1) is 5.92 Å². The van der Waals surface area contributed by atoms with Gasteiger partial charge >= 0.3 is 0 Å². The van der Waals surface area contributed by atoms with Crippen LogP contribution >= 0.6 is 11.8 Å². The molecule has 2 atom stereocenters. The molecule has 1 aliphatic heterocycles. The van der Waals surface area contributed by atoms with E-state index in [0.717, 1.165) is 19.5 Å². The highest BCUT2D eigenvalue weighted by Crippen LogP contribution is 2.16. The fraction of sp³-hybridized carbons (Fsp3) is 1.00. The van der Waals surface area contributed by atoms with Gasteiger partial charge in [-0.1, -0.05) is 13.8 Å². The summed E-state index contributed by atoms with van der Waals surface area (Å²) in [4.78, 5) is 2.38. The molecule has 0 aromatic rings. The van der Waals surface area contributed by atoms with Crippen LogP contribution in [0.1, 0.15) is 20.3 Å². The molecule has 1 N–H and O–H groups in total. The van der Waals surface area contributed by atoms with E-state index in [9.17, 15) is 5.11 Å². The van der Waals surface area contributed by atoms with Crippen molar-refractivity contribution in [3.05, 3.63) is 0 Å². The van der Waals surface area contributed by atoms with Crippen molar-refractivity contribution >= 4 is 11.8 Å². The molecule has 1 aliphatic rings. The summed E-state index contributed by atoms with van der Waals surface area (Å²) in [6, 6.07) is 0. The molecule has 2 nitrogen and oxygen atoms in total. The van der Waals surface area contributed by atoms with Crippen molar-refractivity contribution in [3.63, 3.8) is 0 Å². The third-order valence-electron chi connectivity index (χ3n) is 2.76. The van der Waals surface area contributed by atoms with Crippen LogP contribution in [0.2, 0.25) is 0 Å². The minimum absolute atomic E-state index is 0.0969. The van der Waals surface area contributed by atoms with E-state index >= 15 is 0 Å². The van der Waals surface area contributed by atoms with E-state index in [2.05, 4.69) is 18.7 Å². The second-order valence-electron chi connectivity index (χ2n) is 3.83. The van der Waals surface area contributed by atoms with Gasteiger partial charge in [-0.2, -0.15) is 11.8 Å². The molecule has 0 aliphatic carbocycles. The van der Waals surface area contributed by atoms with Crippen molar-refractivity contribution in [2.24, 2.45) is 5.92 Å². The molecule has 1 rings (SSSR count). The van der Waals surface area contributed by atoms with Gasteiger partial charge in [0, 0.05) is 18.8 Å². The van der Waals surface area contributed by atoms with Gasteiger partial charge < -0.3 is 5.11 Å². The van der Waals surface area contributed by atoms with Crippen molar-refractivity contribution < 1.29 is 5.11 Å². The first kappa shape index (κ1) is 11.3. The predicted octanol–water partition coefficient (Wildman–Crippen LogP) is 1.44. The van der Waals surface area contributed by atoms with Gasteiger partial charge in [0.2, 0.25) is 0 Å². The molecular formula is C10H21NOS. The number of aliphatic hydroxyl groups excluding tert-OH is 1. The van der Waals surface area contributed by atoms with Gasteiger partial charge in [0.15, 0.2) is 0 Å². The van der Waals surface area contributed by atoms with Crippen LogP contribution in [0.15, 0.2) is 0 Å². The Labute approximate surface area is 85.7 Å². The normalized spacial score (nSPS) is 30.7. The Kier molecular flexibility index (Phi) is 5.14. The summed E-state index contributed by atoms with van der Waals surface area (Å²) in [6.07, 6.45) is 1.05. The number of β-amino-alcohol motifs (C(OH)–C–C–N with tert-alkyl or cyclic N) is 1. The van der Waals surface area contributed by atoms with Gasteiger partial charge in [-0.15, -0.1) is 0 Å². The highest BCUT2D eigenvalue weighted by molar-refractivity contribution is 7.99. The zero-order chi connectivity index (χ0) is 9.68. The summed E-state index contributed by atoms with van der Waals surface area (Å²) in [5.41, 5.74) is 0. The van der Waals surface area contributed by atoms with E-state index in [0.29, 0.717) is 5.92 Å². The lowest BCUT2D eigenvalue weighted by atomic mass is 9.96. The van der Waals surface area contributed by atoms with E-state index in [1.807, 2.05) is 11.8 Å². The topological polar surface area (TPSA) is 23.5 Å². The number of hydrogen-bond donors (Lipinski definition) is 1. The van der Waals surface area contributed by atoms with Crippen LogP contribution in [-0.4, -0.2) is 47.3 Å². The number of rotatable bonds is 4. The summed E-state index contributed by atoms with van der Waals surface area (Å²) in [5.74, 6) is 2.90. The first-order chi connectivity index (χ1) is 6.24. The Morgan fingerprint density at radius 1 is 1.54 bits per heavy atom. The molecule has 0 radical (unpaired) electrons. The minimum atomic E-state index is -0.0969. The van der Waals surface area contributed by atoms with E-state index in [-0.39, 0.29) is 6.10 Å². The Morgan fingerprint density at radius 2 is 2.31 bits per heavy atom. The van der Waals surface area contributed by atoms with Crippen molar-refractivity contribution in [1.29, 1.82) is 0 Å². The Bertz CT molecular complexity index is 143. The number of piperidine rings is 1. The lowest BCUT2D eigenvalue weighted by Crippen LogP contribution is -2.43. The Balaban J connectivity index is 2.14. The number of nitrogens with zero attached hydrogens (tertiary/aromatic N) is 1. The molecule has 1 saturated heterocycles. The molecule has 78 valence electrons. The highest BCUT2D eigenvalue weighted by Gasteiger charge is 2.23. The molecule has 1 heterocycles. The van der Waals surface area contributed by atoms with Gasteiger partial charge in [0.05, 0.1) is 6.10 Å². The minimum Gasteiger partial charge on any atom is -0.392 e. The van der Waals surface area contributed by atoms with Crippen molar-refractivity contribution in [3.8, 4) is 0 Å².